The van der Waals surface area contributed by atoms with Gasteiger partial charge in [0, 0.05) is 0 Å². The van der Waals surface area contributed by atoms with Crippen molar-refractivity contribution in [3.05, 3.63) is 90.5 Å². The predicted octanol–water partition coefficient (Wildman–Crippen LogP) is 4.81. The maximum Gasteiger partial charge on any atom is 0.183 e. The second-order valence-corrected chi connectivity index (χ2v) is 14.3. The van der Waals surface area contributed by atoms with E-state index in [1.165, 1.54) is 21.5 Å². The fraction of sp³-hybridized carbons (Fsp3) is 0.250. The summed E-state index contributed by atoms with van der Waals surface area (Å²) in [6.07, 6.45) is 0. The van der Waals surface area contributed by atoms with Crippen LogP contribution in [-0.4, -0.2) is 21.5 Å². The van der Waals surface area contributed by atoms with Crippen molar-refractivity contribution in [3.63, 3.8) is 0 Å². The normalized spacial score (nSPS) is 11.7. The average molecular weight is 409 g/mol. The lowest BCUT2D eigenvalue weighted by Crippen LogP contribution is -2.27. The zero-order valence-electron chi connectivity index (χ0n) is 17.0. The molecule has 0 fully saturated rings. The first-order valence-electron chi connectivity index (χ1n) is 9.74. The molecule has 0 aliphatic heterocycles. The van der Waals surface area contributed by atoms with Gasteiger partial charge in [0.1, 0.15) is 0 Å². The summed E-state index contributed by atoms with van der Waals surface area (Å²) in [5.41, 5.74) is 1.26. The molecule has 146 valence electrons. The third-order valence-corrected chi connectivity index (χ3v) is 7.90. The van der Waals surface area contributed by atoms with Crippen molar-refractivity contribution >= 4 is 32.2 Å². The maximum atomic E-state index is 5.99. The number of ether oxygens (including phenoxy) is 1. The first kappa shape index (κ1) is 20.9. The molecule has 0 unspecified atom stereocenters. The molecule has 0 radical (unpaired) electrons. The largest absolute Gasteiger partial charge is 0.415 e. The minimum Gasteiger partial charge on any atom is -0.415 e. The zero-order chi connectivity index (χ0) is 19.8. The molecule has 0 saturated heterocycles. The summed E-state index contributed by atoms with van der Waals surface area (Å²) in [4.78, 5) is 0. The molecule has 0 aliphatic rings. The molecule has 4 heteroatoms. The van der Waals surface area contributed by atoms with E-state index < -0.39 is 16.2 Å². The smallest absolute Gasteiger partial charge is 0.183 e. The zero-order valence-corrected chi connectivity index (χ0v) is 18.9. The van der Waals surface area contributed by atoms with Crippen LogP contribution < -0.4 is 15.9 Å². The molecule has 0 bridgehead atoms. The molecule has 0 amide bonds. The summed E-state index contributed by atoms with van der Waals surface area (Å²) >= 11 is 0. The van der Waals surface area contributed by atoms with E-state index in [-0.39, 0.29) is 0 Å². The van der Waals surface area contributed by atoms with Crippen molar-refractivity contribution in [1.82, 2.24) is 0 Å². The Morgan fingerprint density at radius 1 is 0.679 bits per heavy atom. The van der Waals surface area contributed by atoms with Crippen LogP contribution >= 0.6 is 7.92 Å². The van der Waals surface area contributed by atoms with Crippen molar-refractivity contribution in [2.75, 3.05) is 13.2 Å². The molecule has 0 spiro atoms. The molecule has 0 heterocycles. The fourth-order valence-corrected chi connectivity index (χ4v) is 6.17. The SMILES string of the molecule is C[Si](C)(C)OCCOCc1ccccc1P(c1ccccc1)c1ccccc1. The standard InChI is InChI=1S/C24H29O2PSi/c1-28(2,3)26-19-18-25-20-21-12-10-11-17-24(21)27(22-13-6-4-7-14-22)23-15-8-5-9-16-23/h4-17H,18-20H2,1-3H3. The van der Waals surface area contributed by atoms with E-state index in [1.54, 1.807) is 0 Å². The van der Waals surface area contributed by atoms with Gasteiger partial charge in [0.2, 0.25) is 0 Å². The van der Waals surface area contributed by atoms with Gasteiger partial charge in [-0.25, -0.2) is 0 Å². The van der Waals surface area contributed by atoms with E-state index in [1.807, 2.05) is 0 Å². The van der Waals surface area contributed by atoms with E-state index >= 15 is 0 Å². The molecular weight excluding hydrogens is 379 g/mol. The third-order valence-electron chi connectivity index (χ3n) is 4.28. The summed E-state index contributed by atoms with van der Waals surface area (Å²) in [6, 6.07) is 30.3. The Morgan fingerprint density at radius 2 is 1.21 bits per heavy atom. The highest BCUT2D eigenvalue weighted by atomic mass is 31.1. The van der Waals surface area contributed by atoms with Gasteiger partial charge < -0.3 is 9.16 Å². The fourth-order valence-electron chi connectivity index (χ4n) is 3.02. The molecule has 2 nitrogen and oxygen atoms in total. The van der Waals surface area contributed by atoms with Gasteiger partial charge in [-0.1, -0.05) is 84.9 Å². The first-order valence-corrected chi connectivity index (χ1v) is 14.5. The lowest BCUT2D eigenvalue weighted by atomic mass is 10.2. The predicted molar refractivity (Wildman–Crippen MR) is 124 cm³/mol. The average Bonchev–Trinajstić information content (AvgIpc) is 2.70. The number of hydrogen-bond donors (Lipinski definition) is 0. The van der Waals surface area contributed by atoms with Crippen LogP contribution in [0.1, 0.15) is 5.56 Å². The number of benzene rings is 3. The molecule has 0 N–H and O–H groups in total. The highest BCUT2D eigenvalue weighted by molar-refractivity contribution is 7.79. The van der Waals surface area contributed by atoms with Crippen LogP contribution in [0.2, 0.25) is 19.6 Å². The van der Waals surface area contributed by atoms with Crippen molar-refractivity contribution in [1.29, 1.82) is 0 Å². The molecule has 0 aliphatic carbocycles. The van der Waals surface area contributed by atoms with Crippen molar-refractivity contribution < 1.29 is 9.16 Å². The molecule has 0 atom stereocenters. The lowest BCUT2D eigenvalue weighted by molar-refractivity contribution is 0.0873. The Kier molecular flexibility index (Phi) is 7.58. The molecule has 0 aromatic heterocycles. The Labute approximate surface area is 171 Å². The van der Waals surface area contributed by atoms with Crippen molar-refractivity contribution in [2.45, 2.75) is 26.2 Å². The molecule has 3 rings (SSSR count). The van der Waals surface area contributed by atoms with Crippen LogP contribution in [0.5, 0.6) is 0 Å². The number of rotatable bonds is 9. The summed E-state index contributed by atoms with van der Waals surface area (Å²) in [7, 11) is -2.09. The van der Waals surface area contributed by atoms with E-state index in [2.05, 4.69) is 105 Å². The van der Waals surface area contributed by atoms with Gasteiger partial charge in [-0.15, -0.1) is 0 Å². The van der Waals surface area contributed by atoms with Crippen LogP contribution in [0.15, 0.2) is 84.9 Å². The lowest BCUT2D eigenvalue weighted by Gasteiger charge is -2.22. The third kappa shape index (κ3) is 6.12. The van der Waals surface area contributed by atoms with E-state index in [0.29, 0.717) is 19.8 Å². The van der Waals surface area contributed by atoms with E-state index in [9.17, 15) is 0 Å². The summed E-state index contributed by atoms with van der Waals surface area (Å²) in [6.45, 7) is 8.53. The summed E-state index contributed by atoms with van der Waals surface area (Å²) in [5, 5.41) is 4.08. The van der Waals surface area contributed by atoms with Gasteiger partial charge in [-0.3, -0.25) is 0 Å². The van der Waals surface area contributed by atoms with Crippen LogP contribution in [0.3, 0.4) is 0 Å². The second kappa shape index (κ2) is 10.1. The van der Waals surface area contributed by atoms with Crippen molar-refractivity contribution in [3.8, 4) is 0 Å². The first-order chi connectivity index (χ1) is 13.5. The van der Waals surface area contributed by atoms with Crippen LogP contribution in [0.25, 0.3) is 0 Å². The van der Waals surface area contributed by atoms with Crippen LogP contribution in [-0.2, 0) is 15.8 Å². The van der Waals surface area contributed by atoms with Gasteiger partial charge in [-0.05, 0) is 49.0 Å². The summed E-state index contributed by atoms with van der Waals surface area (Å²) in [5.74, 6) is 0. The Balaban J connectivity index is 1.82. The second-order valence-electron chi connectivity index (χ2n) is 7.65. The Bertz CT molecular complexity index is 808. The molecule has 3 aromatic rings. The quantitative estimate of drug-likeness (QED) is 0.287. The van der Waals surface area contributed by atoms with Gasteiger partial charge in [0.15, 0.2) is 8.32 Å². The monoisotopic (exact) mass is 408 g/mol. The minimum absolute atomic E-state index is 0.614. The number of hydrogen-bond acceptors (Lipinski definition) is 2. The van der Waals surface area contributed by atoms with Gasteiger partial charge in [0.05, 0.1) is 19.8 Å². The molecule has 0 saturated carbocycles. The molecule has 3 aromatic carbocycles. The maximum absolute atomic E-state index is 5.99. The van der Waals surface area contributed by atoms with Crippen LogP contribution in [0, 0.1) is 0 Å². The van der Waals surface area contributed by atoms with E-state index in [4.69, 9.17) is 9.16 Å². The minimum atomic E-state index is -1.48. The van der Waals surface area contributed by atoms with Gasteiger partial charge >= 0.3 is 0 Å². The highest BCUT2D eigenvalue weighted by Gasteiger charge is 2.19. The van der Waals surface area contributed by atoms with E-state index in [0.717, 1.165) is 0 Å². The topological polar surface area (TPSA) is 18.5 Å². The van der Waals surface area contributed by atoms with Gasteiger partial charge in [0.25, 0.3) is 0 Å². The molecule has 28 heavy (non-hydrogen) atoms. The highest BCUT2D eigenvalue weighted by Crippen LogP contribution is 2.34. The van der Waals surface area contributed by atoms with Crippen LogP contribution in [0.4, 0.5) is 0 Å². The van der Waals surface area contributed by atoms with Crippen molar-refractivity contribution in [2.24, 2.45) is 0 Å². The molecular formula is C24H29O2PSi. The Morgan fingerprint density at radius 3 is 1.79 bits per heavy atom. The summed E-state index contributed by atoms with van der Waals surface area (Å²) < 4.78 is 11.9. The Hall–Kier alpha value is -1.77. The van der Waals surface area contributed by atoms with Gasteiger partial charge in [-0.2, -0.15) is 0 Å².